The molecular weight excluding hydrogens is 252 g/mol. The summed E-state index contributed by atoms with van der Waals surface area (Å²) < 4.78 is 3.90. The van der Waals surface area contributed by atoms with Crippen LogP contribution in [0.2, 0.25) is 0 Å². The van der Waals surface area contributed by atoms with Crippen molar-refractivity contribution in [3.63, 3.8) is 0 Å². The van der Waals surface area contributed by atoms with Crippen molar-refractivity contribution in [1.29, 1.82) is 0 Å². The molecule has 0 amide bonds. The van der Waals surface area contributed by atoms with E-state index in [1.165, 1.54) is 0 Å². The molecule has 20 heavy (non-hydrogen) atoms. The summed E-state index contributed by atoms with van der Waals surface area (Å²) in [5.41, 5.74) is 8.65. The van der Waals surface area contributed by atoms with Gasteiger partial charge in [-0.15, -0.1) is 0 Å². The zero-order valence-electron chi connectivity index (χ0n) is 11.4. The van der Waals surface area contributed by atoms with Crippen molar-refractivity contribution in [3.05, 3.63) is 43.2 Å². The molecule has 0 aliphatic carbocycles. The van der Waals surface area contributed by atoms with Crippen LogP contribution in [0.4, 0.5) is 5.82 Å². The minimum absolute atomic E-state index is 0.326. The number of nitrogen functional groups attached to an aromatic ring is 1. The highest BCUT2D eigenvalue weighted by molar-refractivity contribution is 5.63. The van der Waals surface area contributed by atoms with Crippen molar-refractivity contribution in [2.24, 2.45) is 0 Å². The third-order valence-electron chi connectivity index (χ3n) is 3.11. The molecule has 102 valence electrons. The monoisotopic (exact) mass is 268 g/mol. The first-order valence-electron chi connectivity index (χ1n) is 6.44. The summed E-state index contributed by atoms with van der Waals surface area (Å²) in [4.78, 5) is 8.23. The van der Waals surface area contributed by atoms with Gasteiger partial charge in [0.05, 0.1) is 30.1 Å². The minimum atomic E-state index is 0.326. The van der Waals surface area contributed by atoms with E-state index in [2.05, 4.69) is 28.9 Å². The van der Waals surface area contributed by atoms with E-state index in [0.29, 0.717) is 11.9 Å². The first-order valence-corrected chi connectivity index (χ1v) is 6.44. The van der Waals surface area contributed by atoms with Crippen molar-refractivity contribution in [2.45, 2.75) is 19.9 Å². The molecule has 0 aromatic carbocycles. The Morgan fingerprint density at radius 1 is 1.25 bits per heavy atom. The lowest BCUT2D eigenvalue weighted by Gasteiger charge is -2.06. The Kier molecular flexibility index (Phi) is 2.98. The van der Waals surface area contributed by atoms with Crippen LogP contribution in [-0.2, 0) is 0 Å². The number of nitrogens with zero attached hydrogens (tertiary/aromatic N) is 5. The molecule has 2 N–H and O–H groups in total. The van der Waals surface area contributed by atoms with Crippen LogP contribution in [0.25, 0.3) is 16.9 Å². The Balaban J connectivity index is 2.05. The van der Waals surface area contributed by atoms with Crippen molar-refractivity contribution >= 4 is 5.82 Å². The molecule has 0 fully saturated rings. The Hall–Kier alpha value is -2.63. The topological polar surface area (TPSA) is 74.5 Å². The van der Waals surface area contributed by atoms with E-state index in [-0.39, 0.29) is 0 Å². The van der Waals surface area contributed by atoms with Gasteiger partial charge in [-0.2, -0.15) is 5.10 Å². The van der Waals surface area contributed by atoms with Gasteiger partial charge in [-0.3, -0.25) is 9.25 Å². The Labute approximate surface area is 116 Å². The van der Waals surface area contributed by atoms with E-state index in [1.54, 1.807) is 12.5 Å². The molecule has 0 saturated heterocycles. The standard InChI is InChI=1S/C14H16N6/c1-10(2)20-8-12(6-18-20)19-9-16-7-13(19)11-3-4-17-14(15)5-11/h3-10H,1-2H3,(H2,15,17). The maximum atomic E-state index is 5.74. The maximum absolute atomic E-state index is 5.74. The Morgan fingerprint density at radius 2 is 2.10 bits per heavy atom. The van der Waals surface area contributed by atoms with Gasteiger partial charge in [-0.1, -0.05) is 0 Å². The average molecular weight is 268 g/mol. The summed E-state index contributed by atoms with van der Waals surface area (Å²) in [7, 11) is 0. The zero-order valence-corrected chi connectivity index (χ0v) is 11.4. The number of hydrogen-bond acceptors (Lipinski definition) is 4. The molecule has 3 rings (SSSR count). The first-order chi connectivity index (χ1) is 9.65. The smallest absolute Gasteiger partial charge is 0.123 e. The first kappa shape index (κ1) is 12.4. The van der Waals surface area contributed by atoms with Gasteiger partial charge in [0, 0.05) is 24.0 Å². The van der Waals surface area contributed by atoms with E-state index in [0.717, 1.165) is 16.9 Å². The highest BCUT2D eigenvalue weighted by atomic mass is 15.3. The lowest BCUT2D eigenvalue weighted by atomic mass is 10.2. The van der Waals surface area contributed by atoms with Crippen LogP contribution in [-0.4, -0.2) is 24.3 Å². The number of hydrogen-bond donors (Lipinski definition) is 1. The summed E-state index contributed by atoms with van der Waals surface area (Å²) in [6.07, 6.45) is 9.10. The van der Waals surface area contributed by atoms with Crippen LogP contribution >= 0.6 is 0 Å². The lowest BCUT2D eigenvalue weighted by molar-refractivity contribution is 0.532. The van der Waals surface area contributed by atoms with Crippen LogP contribution in [0.3, 0.4) is 0 Å². The fraction of sp³-hybridized carbons (Fsp3) is 0.214. The summed E-state index contributed by atoms with van der Waals surface area (Å²) in [6.45, 7) is 4.18. The minimum Gasteiger partial charge on any atom is -0.384 e. The molecular formula is C14H16N6. The van der Waals surface area contributed by atoms with Crippen LogP contribution in [0.15, 0.2) is 43.2 Å². The third kappa shape index (κ3) is 2.16. The van der Waals surface area contributed by atoms with Gasteiger partial charge in [-0.05, 0) is 26.0 Å². The fourth-order valence-corrected chi connectivity index (χ4v) is 2.06. The quantitative estimate of drug-likeness (QED) is 0.791. The summed E-state index contributed by atoms with van der Waals surface area (Å²) in [5.74, 6) is 0.494. The SMILES string of the molecule is CC(C)n1cc(-n2cncc2-c2ccnc(N)c2)cn1. The molecule has 0 aliphatic rings. The van der Waals surface area contributed by atoms with Gasteiger partial charge in [0.1, 0.15) is 5.82 Å². The van der Waals surface area contributed by atoms with E-state index >= 15 is 0 Å². The number of aromatic nitrogens is 5. The second-order valence-electron chi connectivity index (χ2n) is 4.89. The average Bonchev–Trinajstić information content (AvgIpc) is 3.07. The number of nitrogens with two attached hydrogens (primary N) is 1. The molecule has 6 heteroatoms. The highest BCUT2D eigenvalue weighted by Gasteiger charge is 2.10. The normalized spacial score (nSPS) is 11.2. The van der Waals surface area contributed by atoms with Gasteiger partial charge in [0.2, 0.25) is 0 Å². The van der Waals surface area contributed by atoms with Gasteiger partial charge < -0.3 is 5.73 Å². The van der Waals surface area contributed by atoms with Gasteiger partial charge in [-0.25, -0.2) is 9.97 Å². The summed E-state index contributed by atoms with van der Waals surface area (Å²) in [5, 5.41) is 4.36. The van der Waals surface area contributed by atoms with Crippen molar-refractivity contribution in [2.75, 3.05) is 5.73 Å². The predicted molar refractivity (Wildman–Crippen MR) is 77.4 cm³/mol. The molecule has 3 aromatic rings. The molecule has 0 unspecified atom stereocenters. The molecule has 0 radical (unpaired) electrons. The van der Waals surface area contributed by atoms with Crippen LogP contribution < -0.4 is 5.73 Å². The molecule has 0 aliphatic heterocycles. The number of anilines is 1. The molecule has 0 spiro atoms. The second-order valence-corrected chi connectivity index (χ2v) is 4.89. The lowest BCUT2D eigenvalue weighted by Crippen LogP contribution is -2.00. The maximum Gasteiger partial charge on any atom is 0.123 e. The van der Waals surface area contributed by atoms with Gasteiger partial charge in [0.25, 0.3) is 0 Å². The Bertz CT molecular complexity index is 725. The molecule has 0 atom stereocenters. The van der Waals surface area contributed by atoms with E-state index in [1.807, 2.05) is 40.0 Å². The van der Waals surface area contributed by atoms with Crippen molar-refractivity contribution < 1.29 is 0 Å². The Morgan fingerprint density at radius 3 is 2.80 bits per heavy atom. The van der Waals surface area contributed by atoms with Gasteiger partial charge in [0.15, 0.2) is 0 Å². The largest absolute Gasteiger partial charge is 0.384 e. The number of pyridine rings is 1. The van der Waals surface area contributed by atoms with Gasteiger partial charge >= 0.3 is 0 Å². The zero-order chi connectivity index (χ0) is 14.1. The van der Waals surface area contributed by atoms with Crippen LogP contribution in [0.5, 0.6) is 0 Å². The van der Waals surface area contributed by atoms with E-state index < -0.39 is 0 Å². The summed E-state index contributed by atoms with van der Waals surface area (Å²) >= 11 is 0. The van der Waals surface area contributed by atoms with Crippen LogP contribution in [0.1, 0.15) is 19.9 Å². The predicted octanol–water partition coefficient (Wildman–Crippen LogP) is 2.29. The molecule has 3 heterocycles. The number of rotatable bonds is 3. The number of imidazole rings is 1. The second kappa shape index (κ2) is 4.80. The molecule has 0 bridgehead atoms. The molecule has 6 nitrogen and oxygen atoms in total. The fourth-order valence-electron chi connectivity index (χ4n) is 2.06. The van der Waals surface area contributed by atoms with E-state index in [4.69, 9.17) is 5.73 Å². The van der Waals surface area contributed by atoms with Crippen molar-refractivity contribution in [3.8, 4) is 16.9 Å². The molecule has 3 aromatic heterocycles. The van der Waals surface area contributed by atoms with E-state index in [9.17, 15) is 0 Å². The molecule has 0 saturated carbocycles. The summed E-state index contributed by atoms with van der Waals surface area (Å²) in [6, 6.07) is 4.07. The van der Waals surface area contributed by atoms with Crippen molar-refractivity contribution in [1.82, 2.24) is 24.3 Å². The van der Waals surface area contributed by atoms with Crippen LogP contribution in [0, 0.1) is 0 Å². The third-order valence-corrected chi connectivity index (χ3v) is 3.11. The highest BCUT2D eigenvalue weighted by Crippen LogP contribution is 2.23.